The first-order valence-electron chi connectivity index (χ1n) is 4.27. The van der Waals surface area contributed by atoms with E-state index in [1.807, 2.05) is 18.2 Å². The van der Waals surface area contributed by atoms with E-state index in [0.717, 1.165) is 16.6 Å². The lowest BCUT2D eigenvalue weighted by molar-refractivity contribution is 0.795. The second kappa shape index (κ2) is 2.78. The largest absolute Gasteiger partial charge is 0.328 e. The molecule has 70 valence electrons. The highest BCUT2D eigenvalue weighted by molar-refractivity contribution is 5.77. The zero-order valence-electron chi connectivity index (χ0n) is 8.11. The first-order valence-corrected chi connectivity index (χ1v) is 4.27. The van der Waals surface area contributed by atoms with Crippen molar-refractivity contribution in [3.8, 4) is 12.3 Å². The standard InChI is InChI=1S/C11H10N2O/c1-4-8-5-6-9-10(7-8)13(3)11(14)12(9)2/h1,5-7H,2-3H3. The number of aromatic nitrogens is 2. The number of terminal acetylenes is 1. The second-order valence-corrected chi connectivity index (χ2v) is 3.25. The molecule has 1 heterocycles. The third kappa shape index (κ3) is 0.975. The minimum Gasteiger partial charge on any atom is -0.295 e. The molecule has 14 heavy (non-hydrogen) atoms. The number of hydrogen-bond acceptors (Lipinski definition) is 1. The fourth-order valence-electron chi connectivity index (χ4n) is 1.60. The van der Waals surface area contributed by atoms with Gasteiger partial charge in [0.15, 0.2) is 0 Å². The van der Waals surface area contributed by atoms with Crippen molar-refractivity contribution < 1.29 is 0 Å². The third-order valence-electron chi connectivity index (χ3n) is 2.44. The van der Waals surface area contributed by atoms with Gasteiger partial charge in [0.05, 0.1) is 11.0 Å². The number of imidazole rings is 1. The van der Waals surface area contributed by atoms with Gasteiger partial charge in [-0.25, -0.2) is 4.79 Å². The van der Waals surface area contributed by atoms with Gasteiger partial charge in [-0.3, -0.25) is 9.13 Å². The molecule has 0 saturated carbocycles. The van der Waals surface area contributed by atoms with Gasteiger partial charge < -0.3 is 0 Å². The maximum Gasteiger partial charge on any atom is 0.328 e. The van der Waals surface area contributed by atoms with E-state index in [4.69, 9.17) is 6.42 Å². The summed E-state index contributed by atoms with van der Waals surface area (Å²) >= 11 is 0. The molecule has 0 bridgehead atoms. The third-order valence-corrected chi connectivity index (χ3v) is 2.44. The highest BCUT2D eigenvalue weighted by Crippen LogP contribution is 2.12. The van der Waals surface area contributed by atoms with Crippen LogP contribution in [-0.4, -0.2) is 9.13 Å². The molecule has 0 aliphatic carbocycles. The van der Waals surface area contributed by atoms with Crippen molar-refractivity contribution in [1.82, 2.24) is 9.13 Å². The summed E-state index contributed by atoms with van der Waals surface area (Å²) in [5.74, 6) is 2.55. The normalized spacial score (nSPS) is 10.4. The lowest BCUT2D eigenvalue weighted by atomic mass is 10.2. The van der Waals surface area contributed by atoms with Crippen molar-refractivity contribution in [2.24, 2.45) is 14.1 Å². The van der Waals surface area contributed by atoms with Crippen LogP contribution in [0.2, 0.25) is 0 Å². The van der Waals surface area contributed by atoms with Gasteiger partial charge in [0.1, 0.15) is 0 Å². The number of nitrogens with zero attached hydrogens (tertiary/aromatic N) is 2. The highest BCUT2D eigenvalue weighted by atomic mass is 16.1. The van der Waals surface area contributed by atoms with Crippen molar-refractivity contribution in [2.45, 2.75) is 0 Å². The minimum atomic E-state index is -0.0332. The number of fused-ring (bicyclic) bond motifs is 1. The summed E-state index contributed by atoms with van der Waals surface area (Å²) in [5, 5.41) is 0. The highest BCUT2D eigenvalue weighted by Gasteiger charge is 2.06. The lowest BCUT2D eigenvalue weighted by Crippen LogP contribution is -2.19. The zero-order valence-corrected chi connectivity index (χ0v) is 8.11. The van der Waals surface area contributed by atoms with E-state index >= 15 is 0 Å². The van der Waals surface area contributed by atoms with E-state index in [1.165, 1.54) is 0 Å². The first-order chi connectivity index (χ1) is 6.65. The van der Waals surface area contributed by atoms with Crippen LogP contribution in [0, 0.1) is 12.3 Å². The minimum absolute atomic E-state index is 0.0332. The smallest absolute Gasteiger partial charge is 0.295 e. The van der Waals surface area contributed by atoms with Crippen molar-refractivity contribution in [1.29, 1.82) is 0 Å². The van der Waals surface area contributed by atoms with Gasteiger partial charge in [-0.2, -0.15) is 0 Å². The molecule has 3 nitrogen and oxygen atoms in total. The van der Waals surface area contributed by atoms with Crippen LogP contribution in [0.3, 0.4) is 0 Å². The van der Waals surface area contributed by atoms with Gasteiger partial charge in [-0.15, -0.1) is 6.42 Å². The quantitative estimate of drug-likeness (QED) is 0.560. The Hall–Kier alpha value is -1.95. The van der Waals surface area contributed by atoms with Gasteiger partial charge in [-0.1, -0.05) is 5.92 Å². The summed E-state index contributed by atoms with van der Waals surface area (Å²) in [6, 6.07) is 5.55. The molecule has 0 unspecified atom stereocenters. The van der Waals surface area contributed by atoms with Crippen molar-refractivity contribution in [3.63, 3.8) is 0 Å². The molecule has 0 aliphatic heterocycles. The van der Waals surface area contributed by atoms with Crippen molar-refractivity contribution in [3.05, 3.63) is 34.2 Å². The Bertz CT molecular complexity index is 596. The van der Waals surface area contributed by atoms with E-state index in [-0.39, 0.29) is 5.69 Å². The molecule has 1 aromatic heterocycles. The van der Waals surface area contributed by atoms with E-state index in [0.29, 0.717) is 0 Å². The maximum absolute atomic E-state index is 11.6. The van der Waals surface area contributed by atoms with Crippen molar-refractivity contribution in [2.75, 3.05) is 0 Å². The van der Waals surface area contributed by atoms with Crippen LogP contribution in [0.1, 0.15) is 5.56 Å². The molecule has 2 rings (SSSR count). The molecule has 0 spiro atoms. The molecule has 0 N–H and O–H groups in total. The Balaban J connectivity index is 2.98. The van der Waals surface area contributed by atoms with E-state index < -0.39 is 0 Å². The molecule has 1 aromatic carbocycles. The van der Waals surface area contributed by atoms with Crippen LogP contribution >= 0.6 is 0 Å². The Labute approximate surface area is 81.6 Å². The maximum atomic E-state index is 11.6. The molecule has 0 aliphatic rings. The average molecular weight is 186 g/mol. The second-order valence-electron chi connectivity index (χ2n) is 3.25. The van der Waals surface area contributed by atoms with Crippen LogP contribution in [0.4, 0.5) is 0 Å². The summed E-state index contributed by atoms with van der Waals surface area (Å²) in [6.07, 6.45) is 5.29. The summed E-state index contributed by atoms with van der Waals surface area (Å²) in [5.41, 5.74) is 2.53. The molecule has 0 amide bonds. The SMILES string of the molecule is C#Cc1ccc2c(c1)n(C)c(=O)n2C. The van der Waals surface area contributed by atoms with E-state index in [1.54, 1.807) is 23.2 Å². The summed E-state index contributed by atoms with van der Waals surface area (Å²) in [7, 11) is 3.49. The predicted molar refractivity (Wildman–Crippen MR) is 56.1 cm³/mol. The first kappa shape index (κ1) is 8.64. The van der Waals surface area contributed by atoms with Crippen molar-refractivity contribution >= 4 is 11.0 Å². The number of rotatable bonds is 0. The van der Waals surface area contributed by atoms with Crippen LogP contribution in [-0.2, 0) is 14.1 Å². The summed E-state index contributed by atoms with van der Waals surface area (Å²) < 4.78 is 3.20. The van der Waals surface area contributed by atoms with E-state index in [9.17, 15) is 4.79 Å². The summed E-state index contributed by atoms with van der Waals surface area (Å²) in [4.78, 5) is 11.6. The lowest BCUT2D eigenvalue weighted by Gasteiger charge is -1.95. The van der Waals surface area contributed by atoms with Gasteiger partial charge in [-0.05, 0) is 18.2 Å². The van der Waals surface area contributed by atoms with Gasteiger partial charge in [0.2, 0.25) is 0 Å². The Morgan fingerprint density at radius 1 is 1.21 bits per heavy atom. The van der Waals surface area contributed by atoms with Gasteiger partial charge in [0, 0.05) is 19.7 Å². The molecule has 0 saturated heterocycles. The number of benzene rings is 1. The fourth-order valence-corrected chi connectivity index (χ4v) is 1.60. The molecule has 0 atom stereocenters. The number of aryl methyl sites for hydroxylation is 2. The topological polar surface area (TPSA) is 26.9 Å². The van der Waals surface area contributed by atoms with E-state index in [2.05, 4.69) is 5.92 Å². The molecule has 0 radical (unpaired) electrons. The fraction of sp³-hybridized carbons (Fsp3) is 0.182. The van der Waals surface area contributed by atoms with Crippen LogP contribution in [0.5, 0.6) is 0 Å². The Kier molecular flexibility index (Phi) is 1.71. The van der Waals surface area contributed by atoms with Crippen LogP contribution < -0.4 is 5.69 Å². The molecule has 2 aromatic rings. The summed E-state index contributed by atoms with van der Waals surface area (Å²) in [6.45, 7) is 0. The predicted octanol–water partition coefficient (Wildman–Crippen LogP) is 0.858. The van der Waals surface area contributed by atoms with Crippen LogP contribution in [0.15, 0.2) is 23.0 Å². The van der Waals surface area contributed by atoms with Gasteiger partial charge >= 0.3 is 5.69 Å². The number of hydrogen-bond donors (Lipinski definition) is 0. The Morgan fingerprint density at radius 3 is 2.50 bits per heavy atom. The molecule has 3 heteroatoms. The molecular formula is C11H10N2O. The molecular weight excluding hydrogens is 176 g/mol. The average Bonchev–Trinajstić information content (AvgIpc) is 2.44. The molecule has 0 fully saturated rings. The van der Waals surface area contributed by atoms with Crippen LogP contribution in [0.25, 0.3) is 11.0 Å². The zero-order chi connectivity index (χ0) is 10.3. The van der Waals surface area contributed by atoms with Gasteiger partial charge in [0.25, 0.3) is 0 Å². The monoisotopic (exact) mass is 186 g/mol. The Morgan fingerprint density at radius 2 is 1.86 bits per heavy atom.